The zero-order chi connectivity index (χ0) is 7.61. The van der Waals surface area contributed by atoms with Crippen LogP contribution < -0.4 is 0 Å². The lowest BCUT2D eigenvalue weighted by molar-refractivity contribution is 0.112. The normalized spacial score (nSPS) is 40.5. The van der Waals surface area contributed by atoms with Gasteiger partial charge in [0.2, 0.25) is 0 Å². The summed E-state index contributed by atoms with van der Waals surface area (Å²) in [6, 6.07) is 0. The van der Waals surface area contributed by atoms with Gasteiger partial charge in [-0.25, -0.2) is 0 Å². The Morgan fingerprint density at radius 3 is 2.70 bits per heavy atom. The number of hydrogen-bond acceptors (Lipinski definition) is 1. The summed E-state index contributed by atoms with van der Waals surface area (Å²) in [5.41, 5.74) is 0.482. The Morgan fingerprint density at radius 2 is 2.40 bits per heavy atom. The Labute approximate surface area is 76.7 Å². The molecule has 1 aliphatic rings. The Bertz CT molecular complexity index is 116. The van der Waals surface area contributed by atoms with Gasteiger partial charge in [-0.05, 0) is 18.3 Å². The first-order chi connectivity index (χ1) is 4.70. The van der Waals surface area contributed by atoms with Crippen molar-refractivity contribution in [2.45, 2.75) is 32.8 Å². The van der Waals surface area contributed by atoms with Crippen LogP contribution in [0.1, 0.15) is 26.7 Å². The van der Waals surface area contributed by atoms with Crippen molar-refractivity contribution in [2.24, 2.45) is 5.41 Å². The maximum absolute atomic E-state index is 5.60. The van der Waals surface area contributed by atoms with Crippen LogP contribution in [0.5, 0.6) is 0 Å². The van der Waals surface area contributed by atoms with E-state index in [2.05, 4.69) is 36.4 Å². The van der Waals surface area contributed by atoms with Crippen molar-refractivity contribution in [1.29, 1.82) is 0 Å². The molecule has 10 heavy (non-hydrogen) atoms. The molecule has 1 heterocycles. The predicted molar refractivity (Wildman–Crippen MR) is 51.6 cm³/mol. The fourth-order valence-electron chi connectivity index (χ4n) is 1.33. The van der Waals surface area contributed by atoms with Crippen molar-refractivity contribution in [2.75, 3.05) is 11.0 Å². The molecule has 1 saturated heterocycles. The standard InChI is InChI=1S/C8H15IO/c1-3-8(2)4-7(5-9)10-6-8/h7H,3-6H2,1-2H3/t7-,8+/m0/s1. The predicted octanol–water partition coefficient (Wildman–Crippen LogP) is 2.63. The molecule has 0 aromatic rings. The summed E-state index contributed by atoms with van der Waals surface area (Å²) in [4.78, 5) is 0. The van der Waals surface area contributed by atoms with Gasteiger partial charge in [-0.3, -0.25) is 0 Å². The largest absolute Gasteiger partial charge is 0.377 e. The van der Waals surface area contributed by atoms with Crippen molar-refractivity contribution in [3.63, 3.8) is 0 Å². The Balaban J connectivity index is 2.41. The van der Waals surface area contributed by atoms with Gasteiger partial charge in [-0.15, -0.1) is 0 Å². The van der Waals surface area contributed by atoms with E-state index in [0.29, 0.717) is 11.5 Å². The Hall–Kier alpha value is 0.690. The van der Waals surface area contributed by atoms with Crippen molar-refractivity contribution in [3.8, 4) is 0 Å². The molecule has 0 aromatic carbocycles. The molecule has 1 nitrogen and oxygen atoms in total. The van der Waals surface area contributed by atoms with Gasteiger partial charge < -0.3 is 4.74 Å². The number of hydrogen-bond donors (Lipinski definition) is 0. The lowest BCUT2D eigenvalue weighted by Gasteiger charge is -2.18. The maximum atomic E-state index is 5.60. The number of ether oxygens (including phenoxy) is 1. The van der Waals surface area contributed by atoms with Crippen molar-refractivity contribution >= 4 is 22.6 Å². The molecule has 0 saturated carbocycles. The van der Waals surface area contributed by atoms with Crippen LogP contribution in [0.4, 0.5) is 0 Å². The van der Waals surface area contributed by atoms with Gasteiger partial charge in [0.15, 0.2) is 0 Å². The molecule has 0 radical (unpaired) electrons. The summed E-state index contributed by atoms with van der Waals surface area (Å²) >= 11 is 2.40. The van der Waals surface area contributed by atoms with E-state index in [4.69, 9.17) is 4.74 Å². The number of alkyl halides is 1. The first-order valence-corrected chi connectivity index (χ1v) is 5.40. The minimum Gasteiger partial charge on any atom is -0.377 e. The molecule has 0 aliphatic carbocycles. The van der Waals surface area contributed by atoms with E-state index in [1.807, 2.05) is 0 Å². The van der Waals surface area contributed by atoms with Crippen LogP contribution in [-0.4, -0.2) is 17.1 Å². The molecule has 0 bridgehead atoms. The molecule has 2 atom stereocenters. The summed E-state index contributed by atoms with van der Waals surface area (Å²) < 4.78 is 6.75. The summed E-state index contributed by atoms with van der Waals surface area (Å²) in [6.07, 6.45) is 3.04. The van der Waals surface area contributed by atoms with E-state index in [-0.39, 0.29) is 0 Å². The summed E-state index contributed by atoms with van der Waals surface area (Å²) in [6.45, 7) is 5.54. The monoisotopic (exact) mass is 254 g/mol. The zero-order valence-electron chi connectivity index (χ0n) is 6.69. The molecule has 0 amide bonds. The summed E-state index contributed by atoms with van der Waals surface area (Å²) in [7, 11) is 0. The minimum atomic E-state index is 0.482. The molecule has 1 fully saturated rings. The highest BCUT2D eigenvalue weighted by molar-refractivity contribution is 14.1. The molecule has 1 aliphatic heterocycles. The van der Waals surface area contributed by atoms with Crippen LogP contribution in [0.25, 0.3) is 0 Å². The third-order valence-corrected chi connectivity index (χ3v) is 3.40. The highest BCUT2D eigenvalue weighted by Gasteiger charge is 2.33. The molecule has 2 heteroatoms. The number of halogens is 1. The fraction of sp³-hybridized carbons (Fsp3) is 1.00. The third kappa shape index (κ3) is 1.84. The van der Waals surface area contributed by atoms with Gasteiger partial charge in [0.25, 0.3) is 0 Å². The molecule has 0 spiro atoms. The lowest BCUT2D eigenvalue weighted by atomic mass is 9.85. The van der Waals surface area contributed by atoms with Gasteiger partial charge in [0.05, 0.1) is 12.7 Å². The highest BCUT2D eigenvalue weighted by Crippen LogP contribution is 2.35. The summed E-state index contributed by atoms with van der Waals surface area (Å²) in [5, 5.41) is 0. The average molecular weight is 254 g/mol. The fourth-order valence-corrected chi connectivity index (χ4v) is 1.90. The van der Waals surface area contributed by atoms with Gasteiger partial charge in [-0.1, -0.05) is 36.4 Å². The maximum Gasteiger partial charge on any atom is 0.0670 e. The van der Waals surface area contributed by atoms with Crippen LogP contribution in [0.3, 0.4) is 0 Å². The van der Waals surface area contributed by atoms with Crippen molar-refractivity contribution in [3.05, 3.63) is 0 Å². The van der Waals surface area contributed by atoms with Gasteiger partial charge in [0, 0.05) is 4.43 Å². The van der Waals surface area contributed by atoms with Gasteiger partial charge in [-0.2, -0.15) is 0 Å². The molecule has 1 rings (SSSR count). The van der Waals surface area contributed by atoms with Crippen LogP contribution in [-0.2, 0) is 4.74 Å². The average Bonchev–Trinajstić information content (AvgIpc) is 2.33. The molecular weight excluding hydrogens is 239 g/mol. The SMILES string of the molecule is CC[C@@]1(C)CO[C@H](CI)C1. The van der Waals surface area contributed by atoms with Crippen molar-refractivity contribution in [1.82, 2.24) is 0 Å². The Morgan fingerprint density at radius 1 is 1.70 bits per heavy atom. The quantitative estimate of drug-likeness (QED) is 0.543. The van der Waals surface area contributed by atoms with E-state index >= 15 is 0 Å². The van der Waals surface area contributed by atoms with E-state index in [1.165, 1.54) is 12.8 Å². The van der Waals surface area contributed by atoms with Crippen LogP contribution in [0.2, 0.25) is 0 Å². The highest BCUT2D eigenvalue weighted by atomic mass is 127. The second-order valence-electron chi connectivity index (χ2n) is 3.46. The van der Waals surface area contributed by atoms with Gasteiger partial charge in [0.1, 0.15) is 0 Å². The smallest absolute Gasteiger partial charge is 0.0670 e. The second kappa shape index (κ2) is 3.39. The van der Waals surface area contributed by atoms with E-state index in [0.717, 1.165) is 11.0 Å². The van der Waals surface area contributed by atoms with Crippen molar-refractivity contribution < 1.29 is 4.74 Å². The van der Waals surface area contributed by atoms with Gasteiger partial charge >= 0.3 is 0 Å². The third-order valence-electron chi connectivity index (χ3n) is 2.41. The van der Waals surface area contributed by atoms with E-state index in [9.17, 15) is 0 Å². The lowest BCUT2D eigenvalue weighted by Crippen LogP contribution is -2.14. The first-order valence-electron chi connectivity index (χ1n) is 3.88. The summed E-state index contributed by atoms with van der Waals surface area (Å²) in [5.74, 6) is 0. The molecule has 60 valence electrons. The van der Waals surface area contributed by atoms with Crippen LogP contribution in [0, 0.1) is 5.41 Å². The molecule has 0 aromatic heterocycles. The topological polar surface area (TPSA) is 9.23 Å². The first kappa shape index (κ1) is 8.78. The van der Waals surface area contributed by atoms with Crippen LogP contribution in [0.15, 0.2) is 0 Å². The van der Waals surface area contributed by atoms with E-state index in [1.54, 1.807) is 0 Å². The minimum absolute atomic E-state index is 0.482. The Kier molecular flexibility index (Phi) is 2.98. The molecule has 0 N–H and O–H groups in total. The van der Waals surface area contributed by atoms with Crippen LogP contribution >= 0.6 is 22.6 Å². The second-order valence-corrected chi connectivity index (χ2v) is 4.34. The number of rotatable bonds is 2. The molecule has 0 unspecified atom stereocenters. The zero-order valence-corrected chi connectivity index (χ0v) is 8.85. The molecular formula is C8H15IO. The van der Waals surface area contributed by atoms with E-state index < -0.39 is 0 Å².